The van der Waals surface area contributed by atoms with Gasteiger partial charge in [0.05, 0.1) is 57.2 Å². The van der Waals surface area contributed by atoms with E-state index in [1.54, 1.807) is 20.5 Å². The van der Waals surface area contributed by atoms with Gasteiger partial charge >= 0.3 is 0 Å². The Morgan fingerprint density at radius 2 is 1.90 bits per heavy atom. The third kappa shape index (κ3) is 4.11. The van der Waals surface area contributed by atoms with Crippen LogP contribution in [0.15, 0.2) is 47.6 Å². The zero-order chi connectivity index (χ0) is 20.2. The van der Waals surface area contributed by atoms with Gasteiger partial charge < -0.3 is 19.1 Å². The highest BCUT2D eigenvalue weighted by Gasteiger charge is 2.19. The second-order valence-electron chi connectivity index (χ2n) is 6.51. The Balaban J connectivity index is 1.85. The van der Waals surface area contributed by atoms with Gasteiger partial charge in [-0.3, -0.25) is 0 Å². The molecule has 29 heavy (non-hydrogen) atoms. The van der Waals surface area contributed by atoms with Crippen molar-refractivity contribution in [2.24, 2.45) is 0 Å². The zero-order valence-corrected chi connectivity index (χ0v) is 17.1. The lowest BCUT2D eigenvalue weighted by atomic mass is 10.0. The Labute approximate surface area is 173 Å². The average molecular weight is 414 g/mol. The van der Waals surface area contributed by atoms with Crippen LogP contribution in [0.3, 0.4) is 0 Å². The molecule has 8 heteroatoms. The Hall–Kier alpha value is -2.52. The molecule has 2 aromatic carbocycles. The molecule has 0 atom stereocenters. The third-order valence-electron chi connectivity index (χ3n) is 4.77. The van der Waals surface area contributed by atoms with Crippen LogP contribution in [0.25, 0.3) is 22.5 Å². The molecular formula is C21H22N2O5S. The van der Waals surface area contributed by atoms with Crippen LogP contribution in [0.5, 0.6) is 11.5 Å². The van der Waals surface area contributed by atoms with Crippen molar-refractivity contribution in [3.8, 4) is 34.0 Å². The lowest BCUT2D eigenvalue weighted by Crippen LogP contribution is -2.03. The third-order valence-corrected chi connectivity index (χ3v) is 5.49. The van der Waals surface area contributed by atoms with Gasteiger partial charge in [0.15, 0.2) is 0 Å². The molecule has 0 bridgehead atoms. The van der Waals surface area contributed by atoms with E-state index in [-0.39, 0.29) is 6.61 Å². The van der Waals surface area contributed by atoms with Gasteiger partial charge in [-0.05, 0) is 23.8 Å². The van der Waals surface area contributed by atoms with Crippen LogP contribution in [0.2, 0.25) is 0 Å². The number of fused-ring (bicyclic) bond motifs is 1. The van der Waals surface area contributed by atoms with Crippen molar-refractivity contribution in [3.63, 3.8) is 0 Å². The topological polar surface area (TPSA) is 75.0 Å². The molecule has 1 N–H and O–H groups in total. The highest BCUT2D eigenvalue weighted by molar-refractivity contribution is 7.94. The predicted octanol–water partition coefficient (Wildman–Crippen LogP) is 3.74. The van der Waals surface area contributed by atoms with E-state index in [9.17, 15) is 5.11 Å². The van der Waals surface area contributed by atoms with Gasteiger partial charge in [0, 0.05) is 35.1 Å². The number of nitrogens with zero attached hydrogens (tertiary/aromatic N) is 2. The molecule has 152 valence electrons. The van der Waals surface area contributed by atoms with E-state index in [0.717, 1.165) is 33.8 Å². The average Bonchev–Trinajstić information content (AvgIpc) is 3.02. The van der Waals surface area contributed by atoms with Crippen molar-refractivity contribution in [3.05, 3.63) is 48.3 Å². The first-order valence-electron chi connectivity index (χ1n) is 9.22. The monoisotopic (exact) mass is 414 g/mol. The highest BCUT2D eigenvalue weighted by Crippen LogP contribution is 2.38. The number of ether oxygens (including phenoxy) is 2. The summed E-state index contributed by atoms with van der Waals surface area (Å²) in [5, 5.41) is 9.53. The van der Waals surface area contributed by atoms with Crippen LogP contribution < -0.4 is 9.47 Å². The fourth-order valence-corrected chi connectivity index (χ4v) is 3.99. The standard InChI is InChI=1S/C21H22N2O5S/c1-25-17-9-16(10-18(12-17)26-2)21-20(22-13-23(21)6-7-24)15-4-3-14-5-8-27-28-29-19(14)11-15/h3-4,9-13,24H,5-8H2,1-2H3. The Morgan fingerprint density at radius 3 is 2.62 bits per heavy atom. The van der Waals surface area contributed by atoms with E-state index in [4.69, 9.17) is 18.7 Å². The van der Waals surface area contributed by atoms with Crippen molar-refractivity contribution in [2.75, 3.05) is 27.4 Å². The second-order valence-corrected chi connectivity index (χ2v) is 7.25. The maximum absolute atomic E-state index is 9.53. The summed E-state index contributed by atoms with van der Waals surface area (Å²) in [6.07, 6.45) is 2.53. The summed E-state index contributed by atoms with van der Waals surface area (Å²) in [5.41, 5.74) is 4.71. The molecule has 2 heterocycles. The van der Waals surface area contributed by atoms with E-state index in [0.29, 0.717) is 24.7 Å². The number of benzene rings is 2. The molecule has 1 aromatic heterocycles. The molecule has 0 amide bonds. The number of aromatic nitrogens is 2. The minimum Gasteiger partial charge on any atom is -0.497 e. The van der Waals surface area contributed by atoms with Crippen molar-refractivity contribution in [2.45, 2.75) is 17.9 Å². The number of methoxy groups -OCH3 is 2. The first-order chi connectivity index (χ1) is 14.2. The van der Waals surface area contributed by atoms with Gasteiger partial charge in [0.2, 0.25) is 0 Å². The van der Waals surface area contributed by atoms with Gasteiger partial charge in [-0.2, -0.15) is 4.33 Å². The Kier molecular flexibility index (Phi) is 6.05. The van der Waals surface area contributed by atoms with Crippen LogP contribution in [-0.4, -0.2) is 42.1 Å². The SMILES string of the molecule is COc1cc(OC)cc(-c2c(-c3ccc4c(c3)SOOCC4)ncn2CCO)c1. The molecule has 4 rings (SSSR count). The molecule has 3 aromatic rings. The number of hydrogen-bond donors (Lipinski definition) is 1. The van der Waals surface area contributed by atoms with E-state index in [2.05, 4.69) is 23.2 Å². The predicted molar refractivity (Wildman–Crippen MR) is 110 cm³/mol. The van der Waals surface area contributed by atoms with Crippen molar-refractivity contribution < 1.29 is 23.8 Å². The van der Waals surface area contributed by atoms with Gasteiger partial charge in [-0.25, -0.2) is 9.87 Å². The molecule has 0 spiro atoms. The number of rotatable bonds is 6. The second kappa shape index (κ2) is 8.87. The summed E-state index contributed by atoms with van der Waals surface area (Å²) in [5.74, 6) is 1.37. The smallest absolute Gasteiger partial charge is 0.123 e. The van der Waals surface area contributed by atoms with E-state index < -0.39 is 0 Å². The summed E-state index contributed by atoms with van der Waals surface area (Å²) in [6.45, 7) is 0.965. The largest absolute Gasteiger partial charge is 0.497 e. The summed E-state index contributed by atoms with van der Waals surface area (Å²) in [6, 6.07) is 11.9. The van der Waals surface area contributed by atoms with Gasteiger partial charge in [0.1, 0.15) is 11.5 Å². The number of aliphatic hydroxyl groups is 1. The summed E-state index contributed by atoms with van der Waals surface area (Å²) >= 11 is 1.21. The molecule has 0 aliphatic carbocycles. The number of imidazole rings is 1. The number of aliphatic hydroxyl groups excluding tert-OH is 1. The van der Waals surface area contributed by atoms with Crippen LogP contribution in [0.1, 0.15) is 5.56 Å². The van der Waals surface area contributed by atoms with Crippen molar-refractivity contribution in [1.82, 2.24) is 9.55 Å². The van der Waals surface area contributed by atoms with Crippen LogP contribution >= 0.6 is 12.0 Å². The molecule has 0 saturated heterocycles. The molecule has 1 aliphatic heterocycles. The normalized spacial score (nSPS) is 13.6. The fourth-order valence-electron chi connectivity index (χ4n) is 3.35. The van der Waals surface area contributed by atoms with E-state index in [1.165, 1.54) is 17.6 Å². The summed E-state index contributed by atoms with van der Waals surface area (Å²) in [4.78, 5) is 10.7. The molecule has 0 radical (unpaired) electrons. The molecule has 1 aliphatic rings. The highest BCUT2D eigenvalue weighted by atomic mass is 32.2. The van der Waals surface area contributed by atoms with Gasteiger partial charge in [0.25, 0.3) is 0 Å². The van der Waals surface area contributed by atoms with Crippen molar-refractivity contribution in [1.29, 1.82) is 0 Å². The van der Waals surface area contributed by atoms with E-state index in [1.807, 2.05) is 22.8 Å². The maximum Gasteiger partial charge on any atom is 0.123 e. The first-order valence-corrected chi connectivity index (χ1v) is 9.96. The van der Waals surface area contributed by atoms with Crippen LogP contribution in [0, 0.1) is 0 Å². The maximum atomic E-state index is 9.53. The quantitative estimate of drug-likeness (QED) is 0.486. The lowest BCUT2D eigenvalue weighted by molar-refractivity contribution is -0.187. The fraction of sp³-hybridized carbons (Fsp3) is 0.286. The van der Waals surface area contributed by atoms with E-state index >= 15 is 0 Å². The molecule has 0 unspecified atom stereocenters. The minimum atomic E-state index is 0.00905. The Bertz CT molecular complexity index is 982. The van der Waals surface area contributed by atoms with Gasteiger partial charge in [-0.15, -0.1) is 0 Å². The first kappa shape index (κ1) is 19.8. The van der Waals surface area contributed by atoms with Crippen LogP contribution in [-0.2, 0) is 22.2 Å². The van der Waals surface area contributed by atoms with Crippen LogP contribution in [0.4, 0.5) is 0 Å². The lowest BCUT2D eigenvalue weighted by Gasteiger charge is -2.13. The molecule has 0 saturated carbocycles. The Morgan fingerprint density at radius 1 is 1.10 bits per heavy atom. The van der Waals surface area contributed by atoms with Crippen molar-refractivity contribution >= 4 is 12.0 Å². The molecule has 0 fully saturated rings. The minimum absolute atomic E-state index is 0.00905. The zero-order valence-electron chi connectivity index (χ0n) is 16.3. The van der Waals surface area contributed by atoms with Gasteiger partial charge in [-0.1, -0.05) is 12.1 Å². The summed E-state index contributed by atoms with van der Waals surface area (Å²) in [7, 11) is 3.24. The number of hydrogen-bond acceptors (Lipinski definition) is 7. The summed E-state index contributed by atoms with van der Waals surface area (Å²) < 4.78 is 18.0. The molecule has 7 nitrogen and oxygen atoms in total. The molecular weight excluding hydrogens is 392 g/mol.